The molecule has 0 spiro atoms. The van der Waals surface area contributed by atoms with Crippen LogP contribution in [0.1, 0.15) is 11.1 Å². The smallest absolute Gasteiger partial charge is 0.244 e. The molecule has 4 aromatic rings. The van der Waals surface area contributed by atoms with Crippen LogP contribution in [0.2, 0.25) is 0 Å². The van der Waals surface area contributed by atoms with Crippen LogP contribution >= 0.6 is 0 Å². The van der Waals surface area contributed by atoms with Gasteiger partial charge in [-0.1, -0.05) is 24.3 Å². The molecule has 3 heterocycles. The Kier molecular flexibility index (Phi) is 5.40. The molecule has 180 valence electrons. The summed E-state index contributed by atoms with van der Waals surface area (Å²) in [7, 11) is -4.00. The van der Waals surface area contributed by atoms with Gasteiger partial charge in [0, 0.05) is 29.6 Å². The Balaban J connectivity index is 1.33. The van der Waals surface area contributed by atoms with E-state index in [2.05, 4.69) is 9.71 Å². The van der Waals surface area contributed by atoms with Gasteiger partial charge in [-0.25, -0.2) is 13.1 Å². The molecule has 0 fully saturated rings. The lowest BCUT2D eigenvalue weighted by atomic mass is 10.0. The summed E-state index contributed by atoms with van der Waals surface area (Å²) >= 11 is 0. The second-order valence-electron chi connectivity index (χ2n) is 8.69. The molecule has 0 saturated carbocycles. The lowest BCUT2D eigenvalue weighted by Gasteiger charge is -2.18. The van der Waals surface area contributed by atoms with Crippen LogP contribution in [0, 0.1) is 0 Å². The summed E-state index contributed by atoms with van der Waals surface area (Å²) in [4.78, 5) is 3.26. The number of aromatic nitrogens is 1. The molecule has 8 nitrogen and oxygen atoms in total. The van der Waals surface area contributed by atoms with Crippen LogP contribution in [-0.2, 0) is 22.9 Å². The van der Waals surface area contributed by atoms with Crippen molar-refractivity contribution < 1.29 is 27.7 Å². The molecule has 35 heavy (non-hydrogen) atoms. The van der Waals surface area contributed by atoms with E-state index in [9.17, 15) is 13.5 Å². The van der Waals surface area contributed by atoms with Gasteiger partial charge in [-0.15, -0.1) is 0 Å². The third kappa shape index (κ3) is 4.01. The average molecular weight is 493 g/mol. The standard InChI is InChI=1S/C26H24N2O6S/c29-14-20(10-19-13-27-22-4-2-1-3-21(19)22)28-35(30,31)25-12-18(9-17-7-8-32-26(17)25)16-5-6-23-24(11-16)34-15-33-23/h1-6,9,11-13,20,27-29H,7-8,10,14-15H2/t20-/m1/s1. The first kappa shape index (κ1) is 22.0. The summed E-state index contributed by atoms with van der Waals surface area (Å²) in [6.45, 7) is 0.240. The average Bonchev–Trinajstić information content (AvgIpc) is 3.62. The highest BCUT2D eigenvalue weighted by atomic mass is 32.2. The molecule has 0 radical (unpaired) electrons. The number of nitrogens with one attached hydrogen (secondary N) is 2. The van der Waals surface area contributed by atoms with Crippen LogP contribution in [0.25, 0.3) is 22.0 Å². The number of benzene rings is 3. The number of rotatable bonds is 7. The molecule has 3 N–H and O–H groups in total. The maximum Gasteiger partial charge on any atom is 0.244 e. The molecule has 0 aliphatic carbocycles. The third-order valence-corrected chi connectivity index (χ3v) is 7.95. The van der Waals surface area contributed by atoms with E-state index in [1.807, 2.05) is 54.7 Å². The molecule has 0 saturated heterocycles. The molecule has 0 amide bonds. The van der Waals surface area contributed by atoms with E-state index >= 15 is 0 Å². The van der Waals surface area contributed by atoms with Crippen molar-refractivity contribution in [2.24, 2.45) is 0 Å². The Morgan fingerprint density at radius 3 is 2.74 bits per heavy atom. The van der Waals surface area contributed by atoms with Gasteiger partial charge in [0.15, 0.2) is 11.5 Å². The molecule has 0 bridgehead atoms. The van der Waals surface area contributed by atoms with E-state index in [1.165, 1.54) is 0 Å². The van der Waals surface area contributed by atoms with Crippen LogP contribution < -0.4 is 18.9 Å². The maximum atomic E-state index is 13.6. The normalized spacial score (nSPS) is 15.2. The van der Waals surface area contributed by atoms with Gasteiger partial charge in [0.05, 0.1) is 13.2 Å². The van der Waals surface area contributed by atoms with Crippen molar-refractivity contribution in [2.75, 3.05) is 20.0 Å². The van der Waals surface area contributed by atoms with E-state index < -0.39 is 16.1 Å². The third-order valence-electron chi connectivity index (χ3n) is 6.43. The van der Waals surface area contributed by atoms with Crippen LogP contribution in [0.15, 0.2) is 65.7 Å². The minimum atomic E-state index is -4.00. The predicted molar refractivity (Wildman–Crippen MR) is 130 cm³/mol. The lowest BCUT2D eigenvalue weighted by molar-refractivity contribution is 0.174. The Morgan fingerprint density at radius 2 is 1.86 bits per heavy atom. The number of aliphatic hydroxyl groups excluding tert-OH is 1. The van der Waals surface area contributed by atoms with Crippen LogP contribution in [0.3, 0.4) is 0 Å². The van der Waals surface area contributed by atoms with Crippen LogP contribution in [0.4, 0.5) is 0 Å². The van der Waals surface area contributed by atoms with Crippen molar-refractivity contribution in [3.8, 4) is 28.4 Å². The van der Waals surface area contributed by atoms with Gasteiger partial charge in [-0.05, 0) is 59.0 Å². The van der Waals surface area contributed by atoms with Crippen LogP contribution in [0.5, 0.6) is 17.2 Å². The monoisotopic (exact) mass is 492 g/mol. The number of hydrogen-bond acceptors (Lipinski definition) is 6. The highest BCUT2D eigenvalue weighted by Crippen LogP contribution is 2.40. The SMILES string of the molecule is O=S(=O)(N[C@@H](CO)Cc1c[nH]c2ccccc12)c1cc(-c2ccc3c(c2)OCO3)cc2c1OCC2. The Morgan fingerprint density at radius 1 is 1.00 bits per heavy atom. The van der Waals surface area contributed by atoms with E-state index in [4.69, 9.17) is 14.2 Å². The molecule has 6 rings (SSSR count). The van der Waals surface area contributed by atoms with E-state index in [1.54, 1.807) is 6.07 Å². The zero-order valence-corrected chi connectivity index (χ0v) is 19.6. The second kappa shape index (κ2) is 8.60. The van der Waals surface area contributed by atoms with Gasteiger partial charge >= 0.3 is 0 Å². The summed E-state index contributed by atoms with van der Waals surface area (Å²) in [5, 5.41) is 11.0. The van der Waals surface area contributed by atoms with Gasteiger partial charge in [-0.2, -0.15) is 0 Å². The summed E-state index contributed by atoms with van der Waals surface area (Å²) in [5.74, 6) is 1.66. The van der Waals surface area contributed by atoms with E-state index in [-0.39, 0.29) is 18.3 Å². The molecule has 1 aromatic heterocycles. The topological polar surface area (TPSA) is 110 Å². The molecule has 3 aromatic carbocycles. The lowest BCUT2D eigenvalue weighted by Crippen LogP contribution is -2.39. The maximum absolute atomic E-state index is 13.6. The fourth-order valence-electron chi connectivity index (χ4n) is 4.71. The van der Waals surface area contributed by atoms with Crippen LogP contribution in [-0.4, -0.2) is 44.6 Å². The highest BCUT2D eigenvalue weighted by Gasteiger charge is 2.29. The highest BCUT2D eigenvalue weighted by molar-refractivity contribution is 7.89. The second-order valence-corrected chi connectivity index (χ2v) is 10.4. The molecule has 9 heteroatoms. The number of H-pyrrole nitrogens is 1. The van der Waals surface area contributed by atoms with Gasteiger partial charge < -0.3 is 24.3 Å². The Hall–Kier alpha value is -3.53. The van der Waals surface area contributed by atoms with Crippen molar-refractivity contribution in [1.82, 2.24) is 9.71 Å². The predicted octanol–water partition coefficient (Wildman–Crippen LogP) is 3.38. The quantitative estimate of drug-likeness (QED) is 0.365. The molecule has 2 aliphatic heterocycles. The Bertz CT molecular complexity index is 1530. The Labute approximate surface area is 202 Å². The summed E-state index contributed by atoms with van der Waals surface area (Å²) in [6.07, 6.45) is 2.81. The first-order valence-corrected chi connectivity index (χ1v) is 12.9. The van der Waals surface area contributed by atoms with E-state index in [0.29, 0.717) is 36.7 Å². The van der Waals surface area contributed by atoms with Gasteiger partial charge in [0.25, 0.3) is 0 Å². The summed E-state index contributed by atoms with van der Waals surface area (Å²) in [6, 6.07) is 16.2. The largest absolute Gasteiger partial charge is 0.492 e. The minimum absolute atomic E-state index is 0.0672. The number of hydrogen-bond donors (Lipinski definition) is 3. The number of sulfonamides is 1. The van der Waals surface area contributed by atoms with Crippen molar-refractivity contribution in [3.63, 3.8) is 0 Å². The molecular formula is C26H24N2O6S. The van der Waals surface area contributed by atoms with Crippen molar-refractivity contribution in [2.45, 2.75) is 23.8 Å². The fourth-order valence-corrected chi connectivity index (χ4v) is 6.15. The minimum Gasteiger partial charge on any atom is -0.492 e. The first-order valence-electron chi connectivity index (χ1n) is 11.4. The fraction of sp³-hybridized carbons (Fsp3) is 0.231. The van der Waals surface area contributed by atoms with Gasteiger partial charge in [0.1, 0.15) is 10.6 Å². The zero-order chi connectivity index (χ0) is 24.0. The van der Waals surface area contributed by atoms with Crippen molar-refractivity contribution in [1.29, 1.82) is 0 Å². The van der Waals surface area contributed by atoms with E-state index in [0.717, 1.165) is 33.2 Å². The number of ether oxygens (including phenoxy) is 3. The first-order chi connectivity index (χ1) is 17.0. The molecule has 2 aliphatic rings. The van der Waals surface area contributed by atoms with Crippen molar-refractivity contribution in [3.05, 3.63) is 71.9 Å². The van der Waals surface area contributed by atoms with Crippen molar-refractivity contribution >= 4 is 20.9 Å². The molecule has 0 unspecified atom stereocenters. The summed E-state index contributed by atoms with van der Waals surface area (Å²) in [5.41, 5.74) is 4.28. The molecular weight excluding hydrogens is 468 g/mol. The van der Waals surface area contributed by atoms with Gasteiger partial charge in [-0.3, -0.25) is 0 Å². The number of para-hydroxylation sites is 1. The molecule has 1 atom stereocenters. The number of aliphatic hydroxyl groups is 1. The number of fused-ring (bicyclic) bond motifs is 3. The number of aromatic amines is 1. The zero-order valence-electron chi connectivity index (χ0n) is 18.8. The summed E-state index contributed by atoms with van der Waals surface area (Å²) < 4.78 is 46.4. The van der Waals surface area contributed by atoms with Gasteiger partial charge in [0.2, 0.25) is 16.8 Å².